The molecule has 7 heteroatoms. The molecule has 172 valence electrons. The molecular weight excluding hydrogens is 424 g/mol. The molecular formula is C25H32N2O4S. The van der Waals surface area contributed by atoms with E-state index in [2.05, 4.69) is 5.32 Å². The lowest BCUT2D eigenvalue weighted by Crippen LogP contribution is -2.39. The number of methoxy groups -OCH3 is 1. The van der Waals surface area contributed by atoms with Crippen LogP contribution in [0.4, 0.5) is 0 Å². The molecule has 0 radical (unpaired) electrons. The largest absolute Gasteiger partial charge is 0.493 e. The molecule has 2 amide bonds. The molecule has 1 N–H and O–H groups in total. The fourth-order valence-electron chi connectivity index (χ4n) is 3.85. The monoisotopic (exact) mass is 456 g/mol. The van der Waals surface area contributed by atoms with Crippen LogP contribution in [0.15, 0.2) is 53.4 Å². The zero-order chi connectivity index (χ0) is 22.8. The fourth-order valence-corrected chi connectivity index (χ4v) is 4.83. The highest BCUT2D eigenvalue weighted by molar-refractivity contribution is 8.00. The van der Waals surface area contributed by atoms with Crippen LogP contribution in [0, 0.1) is 0 Å². The first-order chi connectivity index (χ1) is 15.6. The molecule has 1 aliphatic carbocycles. The Morgan fingerprint density at radius 3 is 2.47 bits per heavy atom. The first-order valence-electron chi connectivity index (χ1n) is 11.1. The fraction of sp³-hybridized carbons (Fsp3) is 0.440. The topological polar surface area (TPSA) is 67.9 Å². The number of thioether (sulfide) groups is 1. The molecule has 32 heavy (non-hydrogen) atoms. The maximum absolute atomic E-state index is 12.7. The Balaban J connectivity index is 1.49. The molecule has 2 aromatic rings. The number of hydrogen-bond donors (Lipinski definition) is 1. The summed E-state index contributed by atoms with van der Waals surface area (Å²) >= 11 is 1.42. The quantitative estimate of drug-likeness (QED) is 0.424. The first kappa shape index (κ1) is 24.0. The van der Waals surface area contributed by atoms with Gasteiger partial charge in [-0.05, 0) is 37.1 Å². The lowest BCUT2D eigenvalue weighted by molar-refractivity contribution is -0.129. The van der Waals surface area contributed by atoms with Crippen molar-refractivity contribution in [2.45, 2.75) is 43.0 Å². The van der Waals surface area contributed by atoms with Gasteiger partial charge in [0, 0.05) is 18.0 Å². The third kappa shape index (κ3) is 6.66. The smallest absolute Gasteiger partial charge is 0.252 e. The van der Waals surface area contributed by atoms with Crippen molar-refractivity contribution >= 4 is 23.6 Å². The van der Waals surface area contributed by atoms with E-state index in [9.17, 15) is 9.59 Å². The Morgan fingerprint density at radius 1 is 1.03 bits per heavy atom. The van der Waals surface area contributed by atoms with Crippen LogP contribution in [0.2, 0.25) is 0 Å². The van der Waals surface area contributed by atoms with Crippen LogP contribution in [0.3, 0.4) is 0 Å². The molecule has 1 saturated carbocycles. The van der Waals surface area contributed by atoms with E-state index < -0.39 is 0 Å². The average Bonchev–Trinajstić information content (AvgIpc) is 2.85. The van der Waals surface area contributed by atoms with Crippen molar-refractivity contribution < 1.29 is 19.1 Å². The summed E-state index contributed by atoms with van der Waals surface area (Å²) in [5.74, 6) is 1.56. The Bertz CT molecular complexity index is 899. The van der Waals surface area contributed by atoms with Gasteiger partial charge >= 0.3 is 0 Å². The van der Waals surface area contributed by atoms with Crippen LogP contribution in [0.1, 0.15) is 42.5 Å². The van der Waals surface area contributed by atoms with Crippen LogP contribution in [-0.4, -0.2) is 55.8 Å². The maximum Gasteiger partial charge on any atom is 0.252 e. The minimum absolute atomic E-state index is 0.113. The van der Waals surface area contributed by atoms with E-state index in [1.165, 1.54) is 31.0 Å². The Labute approximate surface area is 194 Å². The van der Waals surface area contributed by atoms with Gasteiger partial charge < -0.3 is 19.7 Å². The van der Waals surface area contributed by atoms with Crippen molar-refractivity contribution in [2.75, 3.05) is 33.1 Å². The van der Waals surface area contributed by atoms with Gasteiger partial charge in [-0.1, -0.05) is 43.5 Å². The summed E-state index contributed by atoms with van der Waals surface area (Å²) in [7, 11) is 3.50. The number of rotatable bonds is 10. The summed E-state index contributed by atoms with van der Waals surface area (Å²) in [5.41, 5.74) is 0.572. The molecule has 0 atom stereocenters. The van der Waals surface area contributed by atoms with E-state index >= 15 is 0 Å². The lowest BCUT2D eigenvalue weighted by Gasteiger charge is -2.31. The van der Waals surface area contributed by atoms with E-state index in [0.29, 0.717) is 42.0 Å². The zero-order valence-corrected chi connectivity index (χ0v) is 19.7. The summed E-state index contributed by atoms with van der Waals surface area (Å²) in [6.45, 7) is 0.686. The molecule has 1 fully saturated rings. The van der Waals surface area contributed by atoms with Crippen molar-refractivity contribution in [1.82, 2.24) is 10.2 Å². The minimum atomic E-state index is -0.176. The van der Waals surface area contributed by atoms with Crippen molar-refractivity contribution in [3.63, 3.8) is 0 Å². The molecule has 6 nitrogen and oxygen atoms in total. The highest BCUT2D eigenvalue weighted by Crippen LogP contribution is 2.27. The van der Waals surface area contributed by atoms with Crippen LogP contribution >= 0.6 is 11.8 Å². The molecule has 2 aromatic carbocycles. The van der Waals surface area contributed by atoms with Gasteiger partial charge in [0.2, 0.25) is 5.91 Å². The number of carbonyl (C=O) groups is 2. The molecule has 1 aliphatic rings. The Morgan fingerprint density at radius 2 is 1.72 bits per heavy atom. The van der Waals surface area contributed by atoms with Gasteiger partial charge in [-0.15, -0.1) is 11.8 Å². The number of benzene rings is 2. The number of nitrogens with zero attached hydrogens (tertiary/aromatic N) is 1. The summed E-state index contributed by atoms with van der Waals surface area (Å²) in [4.78, 5) is 28.1. The van der Waals surface area contributed by atoms with Crippen LogP contribution in [0.5, 0.6) is 11.5 Å². The van der Waals surface area contributed by atoms with Crippen LogP contribution < -0.4 is 14.8 Å². The van der Waals surface area contributed by atoms with Crippen molar-refractivity contribution in [2.24, 2.45) is 0 Å². The van der Waals surface area contributed by atoms with Crippen LogP contribution in [0.25, 0.3) is 0 Å². The third-order valence-electron chi connectivity index (χ3n) is 5.71. The number of amides is 2. The lowest BCUT2D eigenvalue weighted by atomic mass is 9.94. The summed E-state index contributed by atoms with van der Waals surface area (Å²) in [6, 6.07) is 15.1. The predicted octanol–water partition coefficient (Wildman–Crippen LogP) is 4.39. The predicted molar refractivity (Wildman–Crippen MR) is 128 cm³/mol. The number of hydrogen-bond acceptors (Lipinski definition) is 5. The van der Waals surface area contributed by atoms with E-state index in [-0.39, 0.29) is 11.8 Å². The van der Waals surface area contributed by atoms with Gasteiger partial charge in [0.1, 0.15) is 6.61 Å². The number of nitrogens with one attached hydrogen (secondary N) is 1. The number of para-hydroxylation sites is 2. The molecule has 0 aliphatic heterocycles. The Kier molecular flexibility index (Phi) is 9.28. The second kappa shape index (κ2) is 12.4. The number of ether oxygens (including phenoxy) is 2. The zero-order valence-electron chi connectivity index (χ0n) is 18.8. The molecule has 0 heterocycles. The normalized spacial score (nSPS) is 13.9. The molecule has 0 aromatic heterocycles. The maximum atomic E-state index is 12.7. The van der Waals surface area contributed by atoms with E-state index in [1.807, 2.05) is 54.4 Å². The summed E-state index contributed by atoms with van der Waals surface area (Å²) in [6.07, 6.45) is 5.82. The Hall–Kier alpha value is -2.67. The second-order valence-corrected chi connectivity index (χ2v) is 8.85. The van der Waals surface area contributed by atoms with Crippen molar-refractivity contribution in [3.05, 3.63) is 54.1 Å². The van der Waals surface area contributed by atoms with Gasteiger partial charge in [0.15, 0.2) is 11.5 Å². The summed E-state index contributed by atoms with van der Waals surface area (Å²) in [5, 5.41) is 2.90. The molecule has 3 rings (SSSR count). The molecule has 0 spiro atoms. The molecule has 0 saturated heterocycles. The third-order valence-corrected chi connectivity index (χ3v) is 6.77. The average molecular weight is 457 g/mol. The first-order valence-corrected chi connectivity index (χ1v) is 12.1. The second-order valence-electron chi connectivity index (χ2n) is 7.84. The van der Waals surface area contributed by atoms with E-state index in [0.717, 1.165) is 17.7 Å². The van der Waals surface area contributed by atoms with Crippen molar-refractivity contribution in [3.8, 4) is 11.5 Å². The minimum Gasteiger partial charge on any atom is -0.493 e. The van der Waals surface area contributed by atoms with Gasteiger partial charge in [0.25, 0.3) is 5.91 Å². The molecule has 0 unspecified atom stereocenters. The van der Waals surface area contributed by atoms with E-state index in [4.69, 9.17) is 9.47 Å². The van der Waals surface area contributed by atoms with Gasteiger partial charge in [-0.2, -0.15) is 0 Å². The summed E-state index contributed by atoms with van der Waals surface area (Å²) < 4.78 is 11.0. The van der Waals surface area contributed by atoms with Gasteiger partial charge in [-0.25, -0.2) is 0 Å². The highest BCUT2D eigenvalue weighted by Gasteiger charge is 2.22. The van der Waals surface area contributed by atoms with E-state index in [1.54, 1.807) is 13.2 Å². The highest BCUT2D eigenvalue weighted by atomic mass is 32.2. The standard InChI is InChI=1S/C25H32N2O4S/c1-27(19-10-4-3-5-11-19)24(28)18-32-23-15-9-6-12-20(23)25(29)26-16-17-31-22-14-8-7-13-21(22)30-2/h6-9,12-15,19H,3-5,10-11,16-18H2,1-2H3,(H,26,29). The number of carbonyl (C=O) groups excluding carboxylic acids is 2. The van der Waals surface area contributed by atoms with Gasteiger partial charge in [-0.3, -0.25) is 9.59 Å². The molecule has 0 bridgehead atoms. The van der Waals surface area contributed by atoms with Crippen LogP contribution in [-0.2, 0) is 4.79 Å². The SMILES string of the molecule is COc1ccccc1OCCNC(=O)c1ccccc1SCC(=O)N(C)C1CCCCC1. The van der Waals surface area contributed by atoms with Gasteiger partial charge in [0.05, 0.1) is 25.0 Å². The van der Waals surface area contributed by atoms with Crippen molar-refractivity contribution in [1.29, 1.82) is 0 Å².